The predicted octanol–water partition coefficient (Wildman–Crippen LogP) is 1.22. The van der Waals surface area contributed by atoms with E-state index in [1.165, 1.54) is 25.0 Å². The highest BCUT2D eigenvalue weighted by Gasteiger charge is 2.31. The Bertz CT molecular complexity index is 597. The number of nitro benzene ring substituents is 1. The molecule has 0 radical (unpaired) electrons. The summed E-state index contributed by atoms with van der Waals surface area (Å²) in [5, 5.41) is 11.2. The van der Waals surface area contributed by atoms with Gasteiger partial charge in [-0.2, -0.15) is 0 Å². The van der Waals surface area contributed by atoms with Crippen molar-refractivity contribution >= 4 is 23.3 Å². The van der Waals surface area contributed by atoms with Crippen LogP contribution in [0, 0.1) is 10.1 Å². The van der Waals surface area contributed by atoms with E-state index in [1.807, 2.05) is 0 Å². The number of methoxy groups -OCH3 is 1. The number of hydrogen-bond acceptors (Lipinski definition) is 5. The van der Waals surface area contributed by atoms with Gasteiger partial charge in [0.05, 0.1) is 18.5 Å². The summed E-state index contributed by atoms with van der Waals surface area (Å²) in [6.07, 6.45) is 0.523. The third kappa shape index (κ3) is 2.47. The molecule has 0 fully saturated rings. The number of ether oxygens (including phenoxy) is 1. The molecule has 1 aromatic carbocycles. The number of nitro groups is 1. The van der Waals surface area contributed by atoms with Gasteiger partial charge in [0, 0.05) is 19.5 Å². The second-order valence-corrected chi connectivity index (χ2v) is 4.55. The van der Waals surface area contributed by atoms with E-state index >= 15 is 0 Å². The largest absolute Gasteiger partial charge is 0.469 e. The molecule has 0 N–H and O–H groups in total. The molecule has 1 heterocycles. The Kier molecular flexibility index (Phi) is 3.69. The Labute approximate surface area is 115 Å². The molecule has 106 valence electrons. The smallest absolute Gasteiger partial charge is 0.309 e. The average molecular weight is 278 g/mol. The molecule has 1 amide bonds. The van der Waals surface area contributed by atoms with Gasteiger partial charge in [-0.3, -0.25) is 19.7 Å². The fourth-order valence-electron chi connectivity index (χ4n) is 2.38. The van der Waals surface area contributed by atoms with Crippen LogP contribution in [0.4, 0.5) is 11.4 Å². The van der Waals surface area contributed by atoms with E-state index in [-0.39, 0.29) is 18.0 Å². The summed E-state index contributed by atoms with van der Waals surface area (Å²) < 4.78 is 4.56. The lowest BCUT2D eigenvalue weighted by Gasteiger charge is -2.15. The zero-order valence-corrected chi connectivity index (χ0v) is 11.2. The maximum absolute atomic E-state index is 11.5. The molecule has 0 saturated heterocycles. The summed E-state index contributed by atoms with van der Waals surface area (Å²) in [4.78, 5) is 34.9. The van der Waals surface area contributed by atoms with Crippen molar-refractivity contribution in [2.24, 2.45) is 0 Å². The maximum Gasteiger partial charge on any atom is 0.309 e. The van der Waals surface area contributed by atoms with E-state index in [0.717, 1.165) is 0 Å². The summed E-state index contributed by atoms with van der Waals surface area (Å²) in [6.45, 7) is 1.80. The van der Waals surface area contributed by atoms with Crippen LogP contribution in [-0.4, -0.2) is 30.5 Å². The van der Waals surface area contributed by atoms with Crippen LogP contribution in [0.5, 0.6) is 0 Å². The number of rotatable bonds is 3. The van der Waals surface area contributed by atoms with Gasteiger partial charge in [0.2, 0.25) is 5.91 Å². The molecule has 7 nitrogen and oxygen atoms in total. The van der Waals surface area contributed by atoms with Crippen molar-refractivity contribution in [3.63, 3.8) is 0 Å². The van der Waals surface area contributed by atoms with E-state index in [9.17, 15) is 19.7 Å². The van der Waals surface area contributed by atoms with Crippen molar-refractivity contribution in [2.45, 2.75) is 19.8 Å². The quantitative estimate of drug-likeness (QED) is 0.471. The second-order valence-electron chi connectivity index (χ2n) is 4.55. The van der Waals surface area contributed by atoms with Crippen LogP contribution in [0.3, 0.4) is 0 Å². The Balaban J connectivity index is 2.49. The second kappa shape index (κ2) is 5.28. The monoisotopic (exact) mass is 278 g/mol. The summed E-state index contributed by atoms with van der Waals surface area (Å²) in [5.74, 6) is -0.687. The molecule has 0 atom stereocenters. The predicted molar refractivity (Wildman–Crippen MR) is 70.5 cm³/mol. The zero-order chi connectivity index (χ0) is 14.9. The van der Waals surface area contributed by atoms with Gasteiger partial charge >= 0.3 is 5.97 Å². The molecule has 0 aliphatic carbocycles. The van der Waals surface area contributed by atoms with Crippen molar-refractivity contribution in [1.82, 2.24) is 0 Å². The lowest BCUT2D eigenvalue weighted by molar-refractivity contribution is -0.384. The standard InChI is InChI=1S/C13H14N2O5/c1-8(16)14-4-3-10-5-9(7-12(17)20-2)6-11(13(10)14)15(18)19/h5-6H,3-4,7H2,1-2H3. The average Bonchev–Trinajstić information content (AvgIpc) is 2.81. The molecule has 7 heteroatoms. The fraction of sp³-hybridized carbons (Fsp3) is 0.385. The van der Waals surface area contributed by atoms with Crippen LogP contribution >= 0.6 is 0 Å². The van der Waals surface area contributed by atoms with E-state index < -0.39 is 10.9 Å². The molecule has 0 saturated carbocycles. The first-order chi connectivity index (χ1) is 9.43. The first kappa shape index (κ1) is 14.0. The number of benzene rings is 1. The molecule has 0 aromatic heterocycles. The first-order valence-corrected chi connectivity index (χ1v) is 6.09. The van der Waals surface area contributed by atoms with Gasteiger partial charge in [-0.1, -0.05) is 6.07 Å². The molecular formula is C13H14N2O5. The summed E-state index contributed by atoms with van der Waals surface area (Å²) in [5.41, 5.74) is 1.44. The minimum Gasteiger partial charge on any atom is -0.469 e. The van der Waals surface area contributed by atoms with Crippen LogP contribution in [0.25, 0.3) is 0 Å². The van der Waals surface area contributed by atoms with Crippen molar-refractivity contribution < 1.29 is 19.2 Å². The summed E-state index contributed by atoms with van der Waals surface area (Å²) in [7, 11) is 1.27. The molecule has 1 aromatic rings. The van der Waals surface area contributed by atoms with Crippen LogP contribution in [0.2, 0.25) is 0 Å². The van der Waals surface area contributed by atoms with Gasteiger partial charge in [0.1, 0.15) is 5.69 Å². The van der Waals surface area contributed by atoms with Gasteiger partial charge in [-0.05, 0) is 17.5 Å². The fourth-order valence-corrected chi connectivity index (χ4v) is 2.38. The molecule has 0 spiro atoms. The topological polar surface area (TPSA) is 89.8 Å². The highest BCUT2D eigenvalue weighted by Crippen LogP contribution is 2.38. The maximum atomic E-state index is 11.5. The van der Waals surface area contributed by atoms with E-state index in [0.29, 0.717) is 29.8 Å². The highest BCUT2D eigenvalue weighted by atomic mass is 16.6. The molecule has 2 rings (SSSR count). The van der Waals surface area contributed by atoms with Crippen LogP contribution in [0.1, 0.15) is 18.1 Å². The Hall–Kier alpha value is -2.44. The molecule has 0 unspecified atom stereocenters. The normalized spacial score (nSPS) is 13.0. The van der Waals surface area contributed by atoms with Crippen LogP contribution in [-0.2, 0) is 27.2 Å². The Morgan fingerprint density at radius 2 is 2.15 bits per heavy atom. The van der Waals surface area contributed by atoms with Gasteiger partial charge in [-0.25, -0.2) is 0 Å². The lowest BCUT2D eigenvalue weighted by Crippen LogP contribution is -2.26. The lowest BCUT2D eigenvalue weighted by atomic mass is 10.0. The van der Waals surface area contributed by atoms with Crippen molar-refractivity contribution in [2.75, 3.05) is 18.6 Å². The van der Waals surface area contributed by atoms with Crippen LogP contribution < -0.4 is 4.90 Å². The third-order valence-electron chi connectivity index (χ3n) is 3.26. The van der Waals surface area contributed by atoms with Gasteiger partial charge in [-0.15, -0.1) is 0 Å². The highest BCUT2D eigenvalue weighted by molar-refractivity contribution is 5.97. The van der Waals surface area contributed by atoms with Gasteiger partial charge in [0.25, 0.3) is 5.69 Å². The number of carbonyl (C=O) groups excluding carboxylic acids is 2. The zero-order valence-electron chi connectivity index (χ0n) is 11.2. The number of nitrogens with zero attached hydrogens (tertiary/aromatic N) is 2. The number of amides is 1. The van der Waals surface area contributed by atoms with Crippen molar-refractivity contribution in [3.05, 3.63) is 33.4 Å². The van der Waals surface area contributed by atoms with E-state index in [1.54, 1.807) is 6.07 Å². The Morgan fingerprint density at radius 3 is 2.70 bits per heavy atom. The number of hydrogen-bond donors (Lipinski definition) is 0. The first-order valence-electron chi connectivity index (χ1n) is 6.09. The number of anilines is 1. The number of fused-ring (bicyclic) bond motifs is 1. The van der Waals surface area contributed by atoms with E-state index in [2.05, 4.69) is 4.74 Å². The SMILES string of the molecule is COC(=O)Cc1cc2c(c([N+](=O)[O-])c1)N(C(C)=O)CC2. The molecule has 20 heavy (non-hydrogen) atoms. The van der Waals surface area contributed by atoms with Crippen molar-refractivity contribution in [1.29, 1.82) is 0 Å². The molecule has 1 aliphatic heterocycles. The van der Waals surface area contributed by atoms with E-state index in [4.69, 9.17) is 0 Å². The summed E-state index contributed by atoms with van der Waals surface area (Å²) in [6, 6.07) is 3.05. The Morgan fingerprint density at radius 1 is 1.45 bits per heavy atom. The minimum absolute atomic E-state index is 0.0231. The number of carbonyl (C=O) groups is 2. The van der Waals surface area contributed by atoms with Crippen molar-refractivity contribution in [3.8, 4) is 0 Å². The molecule has 0 bridgehead atoms. The van der Waals surface area contributed by atoms with Gasteiger partial charge < -0.3 is 9.64 Å². The van der Waals surface area contributed by atoms with Crippen LogP contribution in [0.15, 0.2) is 12.1 Å². The third-order valence-corrected chi connectivity index (χ3v) is 3.26. The minimum atomic E-state index is -0.527. The number of esters is 1. The molecule has 1 aliphatic rings. The molecular weight excluding hydrogens is 264 g/mol. The van der Waals surface area contributed by atoms with Gasteiger partial charge in [0.15, 0.2) is 0 Å². The summed E-state index contributed by atoms with van der Waals surface area (Å²) >= 11 is 0.